The molecule has 0 spiro atoms. The number of carbonyl (C=O) groups excluding carboxylic acids is 1. The Morgan fingerprint density at radius 2 is 1.79 bits per heavy atom. The van der Waals surface area contributed by atoms with Crippen LogP contribution in [0.1, 0.15) is 62.0 Å². The molecule has 1 aliphatic rings. The summed E-state index contributed by atoms with van der Waals surface area (Å²) in [5.74, 6) is -1.15. The molecule has 0 unspecified atom stereocenters. The zero-order chi connectivity index (χ0) is 30.3. The van der Waals surface area contributed by atoms with E-state index in [0.717, 1.165) is 48.3 Å². The molecule has 1 heterocycles. The molecule has 9 heteroatoms. The molecule has 0 aliphatic heterocycles. The van der Waals surface area contributed by atoms with Crippen LogP contribution in [-0.2, 0) is 4.79 Å². The minimum Gasteiger partial charge on any atom is -0.492 e. The molecule has 0 saturated heterocycles. The SMILES string of the molecule is CCN(CC)CCCOc1cc(-c2nc(C(=O)NC3(C(=O)O)CCC(O)CC3)ccc2-c2ccccc2C)ccc1Cl. The molecule has 2 aromatic carbocycles. The van der Waals surface area contributed by atoms with Crippen LogP contribution in [0.25, 0.3) is 22.4 Å². The molecule has 0 radical (unpaired) electrons. The number of aryl methyl sites for hydroxylation is 1. The molecule has 3 N–H and O–H groups in total. The molecular formula is C33H40ClN3O5. The van der Waals surface area contributed by atoms with Crippen molar-refractivity contribution < 1.29 is 24.5 Å². The first kappa shape index (κ1) is 31.5. The molecule has 8 nitrogen and oxygen atoms in total. The highest BCUT2D eigenvalue weighted by Crippen LogP contribution is 2.37. The van der Waals surface area contributed by atoms with Crippen LogP contribution < -0.4 is 10.1 Å². The summed E-state index contributed by atoms with van der Waals surface area (Å²) in [6.07, 6.45) is 1.20. The molecule has 0 bridgehead atoms. The minimum absolute atomic E-state index is 0.103. The number of amides is 1. The Hall–Kier alpha value is -3.46. The van der Waals surface area contributed by atoms with Crippen molar-refractivity contribution in [2.75, 3.05) is 26.2 Å². The van der Waals surface area contributed by atoms with Crippen molar-refractivity contribution in [1.29, 1.82) is 0 Å². The highest BCUT2D eigenvalue weighted by Gasteiger charge is 2.43. The van der Waals surface area contributed by atoms with Gasteiger partial charge in [-0.3, -0.25) is 4.79 Å². The topological polar surface area (TPSA) is 112 Å². The Morgan fingerprint density at radius 3 is 2.45 bits per heavy atom. The molecule has 4 rings (SSSR count). The van der Waals surface area contributed by atoms with Crippen LogP contribution in [-0.4, -0.2) is 69.9 Å². The Labute approximate surface area is 252 Å². The summed E-state index contributed by atoms with van der Waals surface area (Å²) in [5.41, 5.74) is 2.78. The van der Waals surface area contributed by atoms with Crippen LogP contribution in [0, 0.1) is 6.92 Å². The first-order valence-corrected chi connectivity index (χ1v) is 15.0. The van der Waals surface area contributed by atoms with Crippen molar-refractivity contribution >= 4 is 23.5 Å². The quantitative estimate of drug-likeness (QED) is 0.222. The highest BCUT2D eigenvalue weighted by molar-refractivity contribution is 6.32. The Balaban J connectivity index is 1.68. The average Bonchev–Trinajstić information content (AvgIpc) is 2.99. The summed E-state index contributed by atoms with van der Waals surface area (Å²) < 4.78 is 6.08. The number of carboxylic acids is 1. The largest absolute Gasteiger partial charge is 0.492 e. The summed E-state index contributed by atoms with van der Waals surface area (Å²) in [5, 5.41) is 23.1. The number of hydrogen-bond acceptors (Lipinski definition) is 6. The minimum atomic E-state index is -1.45. The van der Waals surface area contributed by atoms with Gasteiger partial charge in [0.2, 0.25) is 0 Å². The molecule has 1 saturated carbocycles. The molecule has 3 aromatic rings. The number of nitrogens with one attached hydrogen (secondary N) is 1. The number of hydrogen-bond donors (Lipinski definition) is 3. The van der Waals surface area contributed by atoms with E-state index in [4.69, 9.17) is 21.3 Å². The second-order valence-electron chi connectivity index (χ2n) is 10.9. The van der Waals surface area contributed by atoms with E-state index in [1.54, 1.807) is 12.1 Å². The maximum atomic E-state index is 13.5. The van der Waals surface area contributed by atoms with Crippen LogP contribution in [0.2, 0.25) is 5.02 Å². The van der Waals surface area contributed by atoms with E-state index >= 15 is 0 Å². The number of pyridine rings is 1. The van der Waals surface area contributed by atoms with E-state index in [-0.39, 0.29) is 18.5 Å². The standard InChI is InChI=1S/C33H40ClN3O5/c1-4-37(5-2)19-8-20-42-29-21-23(11-13-27(29)34)30-26(25-10-7-6-9-22(25)3)12-14-28(35-30)31(39)36-33(32(40)41)17-15-24(38)16-18-33/h6-7,9-14,21,24,38H,4-5,8,15-20H2,1-3H3,(H,36,39)(H,40,41). The van der Waals surface area contributed by atoms with Gasteiger partial charge in [0, 0.05) is 17.7 Å². The van der Waals surface area contributed by atoms with Gasteiger partial charge in [0.25, 0.3) is 5.91 Å². The Morgan fingerprint density at radius 1 is 1.07 bits per heavy atom. The number of carboxylic acid groups (broad SMARTS) is 1. The first-order chi connectivity index (χ1) is 20.2. The molecule has 224 valence electrons. The third-order valence-electron chi connectivity index (χ3n) is 8.11. The number of aliphatic carboxylic acids is 1. The molecule has 1 amide bonds. The van der Waals surface area contributed by atoms with E-state index in [1.165, 1.54) is 0 Å². The number of aliphatic hydroxyl groups excluding tert-OH is 1. The lowest BCUT2D eigenvalue weighted by atomic mass is 9.80. The normalized spacial score (nSPS) is 18.6. The summed E-state index contributed by atoms with van der Waals surface area (Å²) >= 11 is 6.51. The average molecular weight is 594 g/mol. The maximum absolute atomic E-state index is 13.5. The second-order valence-corrected chi connectivity index (χ2v) is 11.3. The van der Waals surface area contributed by atoms with Crippen molar-refractivity contribution in [3.63, 3.8) is 0 Å². The first-order valence-electron chi connectivity index (χ1n) is 14.6. The van der Waals surface area contributed by atoms with Gasteiger partial charge in [-0.05, 0) is 87.5 Å². The van der Waals surface area contributed by atoms with Crippen molar-refractivity contribution in [3.05, 3.63) is 70.9 Å². The highest BCUT2D eigenvalue weighted by atomic mass is 35.5. The van der Waals surface area contributed by atoms with E-state index in [1.807, 2.05) is 49.4 Å². The van der Waals surface area contributed by atoms with E-state index in [0.29, 0.717) is 35.9 Å². The molecule has 1 fully saturated rings. The lowest BCUT2D eigenvalue weighted by Crippen LogP contribution is -2.57. The number of nitrogens with zero attached hydrogens (tertiary/aromatic N) is 2. The number of benzene rings is 2. The maximum Gasteiger partial charge on any atom is 0.329 e. The van der Waals surface area contributed by atoms with Gasteiger partial charge in [-0.15, -0.1) is 0 Å². The fourth-order valence-corrected chi connectivity index (χ4v) is 5.61. The van der Waals surface area contributed by atoms with Crippen LogP contribution in [0.15, 0.2) is 54.6 Å². The van der Waals surface area contributed by atoms with Gasteiger partial charge in [0.1, 0.15) is 17.0 Å². The summed E-state index contributed by atoms with van der Waals surface area (Å²) in [6.45, 7) is 9.70. The van der Waals surface area contributed by atoms with Gasteiger partial charge in [-0.1, -0.05) is 55.8 Å². The van der Waals surface area contributed by atoms with Crippen molar-refractivity contribution in [2.24, 2.45) is 0 Å². The van der Waals surface area contributed by atoms with Crippen molar-refractivity contribution in [3.8, 4) is 28.1 Å². The molecule has 0 atom stereocenters. The number of rotatable bonds is 12. The molecule has 42 heavy (non-hydrogen) atoms. The Bertz CT molecular complexity index is 1400. The predicted octanol–water partition coefficient (Wildman–Crippen LogP) is 5.98. The van der Waals surface area contributed by atoms with Gasteiger partial charge in [-0.2, -0.15) is 0 Å². The van der Waals surface area contributed by atoms with Crippen molar-refractivity contribution in [1.82, 2.24) is 15.2 Å². The summed E-state index contributed by atoms with van der Waals surface area (Å²) in [6, 6.07) is 16.8. The third-order valence-corrected chi connectivity index (χ3v) is 8.42. The molecule has 1 aromatic heterocycles. The lowest BCUT2D eigenvalue weighted by Gasteiger charge is -2.35. The zero-order valence-corrected chi connectivity index (χ0v) is 25.3. The number of aliphatic hydroxyl groups is 1. The van der Waals surface area contributed by atoms with E-state index < -0.39 is 23.5 Å². The predicted molar refractivity (Wildman–Crippen MR) is 165 cm³/mol. The fourth-order valence-electron chi connectivity index (χ4n) is 5.44. The Kier molecular flexibility index (Phi) is 10.6. The van der Waals surface area contributed by atoms with Gasteiger partial charge in [0.05, 0.1) is 23.4 Å². The van der Waals surface area contributed by atoms with Gasteiger partial charge in [-0.25, -0.2) is 9.78 Å². The smallest absolute Gasteiger partial charge is 0.329 e. The number of halogens is 1. The number of aromatic nitrogens is 1. The van der Waals surface area contributed by atoms with E-state index in [2.05, 4.69) is 24.1 Å². The van der Waals surface area contributed by atoms with Gasteiger partial charge >= 0.3 is 5.97 Å². The van der Waals surface area contributed by atoms with Gasteiger partial charge in [0.15, 0.2) is 0 Å². The second kappa shape index (κ2) is 14.1. The van der Waals surface area contributed by atoms with Crippen LogP contribution in [0.4, 0.5) is 0 Å². The van der Waals surface area contributed by atoms with E-state index in [9.17, 15) is 19.8 Å². The van der Waals surface area contributed by atoms with Crippen LogP contribution in [0.5, 0.6) is 5.75 Å². The van der Waals surface area contributed by atoms with Gasteiger partial charge < -0.3 is 25.2 Å². The van der Waals surface area contributed by atoms with Crippen LogP contribution >= 0.6 is 11.6 Å². The third kappa shape index (κ3) is 7.30. The zero-order valence-electron chi connectivity index (χ0n) is 24.5. The number of carbonyl (C=O) groups is 2. The fraction of sp³-hybridized carbons (Fsp3) is 0.424. The molecule has 1 aliphatic carbocycles. The van der Waals surface area contributed by atoms with Crippen molar-refractivity contribution in [2.45, 2.75) is 64.5 Å². The summed E-state index contributed by atoms with van der Waals surface area (Å²) in [7, 11) is 0. The van der Waals surface area contributed by atoms with Crippen LogP contribution in [0.3, 0.4) is 0 Å². The monoisotopic (exact) mass is 593 g/mol. The summed E-state index contributed by atoms with van der Waals surface area (Å²) in [4.78, 5) is 32.8. The lowest BCUT2D eigenvalue weighted by molar-refractivity contribution is -0.146. The number of ether oxygens (including phenoxy) is 1. The molecular weight excluding hydrogens is 554 g/mol.